The molecule has 0 aliphatic carbocycles. The molecular formula is C27H23N3O3. The van der Waals surface area contributed by atoms with Gasteiger partial charge in [-0.2, -0.15) is 0 Å². The summed E-state index contributed by atoms with van der Waals surface area (Å²) in [6.45, 7) is 2.31. The van der Waals surface area contributed by atoms with Crippen LogP contribution in [-0.2, 0) is 4.74 Å². The molecule has 6 heteroatoms. The van der Waals surface area contributed by atoms with Gasteiger partial charge in [-0.15, -0.1) is 0 Å². The highest BCUT2D eigenvalue weighted by atomic mass is 16.5. The van der Waals surface area contributed by atoms with E-state index in [4.69, 9.17) is 9.72 Å². The zero-order chi connectivity index (χ0) is 22.6. The van der Waals surface area contributed by atoms with E-state index in [1.165, 1.54) is 0 Å². The number of aromatic nitrogens is 1. The Kier molecular flexibility index (Phi) is 5.83. The minimum Gasteiger partial charge on any atom is -0.378 e. The van der Waals surface area contributed by atoms with Gasteiger partial charge in [-0.25, -0.2) is 4.98 Å². The van der Waals surface area contributed by atoms with Crippen molar-refractivity contribution < 1.29 is 14.3 Å². The number of hydrogen-bond donors (Lipinski definition) is 1. The lowest BCUT2D eigenvalue weighted by Crippen LogP contribution is -2.40. The Morgan fingerprint density at radius 1 is 0.848 bits per heavy atom. The number of para-hydroxylation sites is 1. The molecule has 1 fully saturated rings. The number of carbonyl (C=O) groups excluding carboxylic acids is 2. The van der Waals surface area contributed by atoms with Crippen molar-refractivity contribution in [3.8, 4) is 11.3 Å². The SMILES string of the molecule is O=C(Nc1ccc(C(=O)N2CCOCC2)cc1)c1cc(-c2ccccc2)nc2ccccc12. The van der Waals surface area contributed by atoms with E-state index in [0.29, 0.717) is 43.1 Å². The van der Waals surface area contributed by atoms with E-state index < -0.39 is 0 Å². The summed E-state index contributed by atoms with van der Waals surface area (Å²) < 4.78 is 5.31. The molecule has 1 aromatic heterocycles. The number of fused-ring (bicyclic) bond motifs is 1. The number of nitrogens with one attached hydrogen (secondary N) is 1. The Bertz CT molecular complexity index is 1300. The van der Waals surface area contributed by atoms with Crippen LogP contribution in [0.5, 0.6) is 0 Å². The van der Waals surface area contributed by atoms with Crippen LogP contribution in [-0.4, -0.2) is 48.0 Å². The quantitative estimate of drug-likeness (QED) is 0.505. The van der Waals surface area contributed by atoms with Crippen molar-refractivity contribution >= 4 is 28.4 Å². The highest BCUT2D eigenvalue weighted by Crippen LogP contribution is 2.25. The van der Waals surface area contributed by atoms with Gasteiger partial charge in [0.2, 0.25) is 0 Å². The third-order valence-corrected chi connectivity index (χ3v) is 5.72. The van der Waals surface area contributed by atoms with Gasteiger partial charge >= 0.3 is 0 Å². The highest BCUT2D eigenvalue weighted by molar-refractivity contribution is 6.13. The predicted octanol–water partition coefficient (Wildman–Crippen LogP) is 4.63. The first-order valence-electron chi connectivity index (χ1n) is 10.9. The highest BCUT2D eigenvalue weighted by Gasteiger charge is 2.19. The molecule has 2 amide bonds. The normalized spacial score (nSPS) is 13.6. The topological polar surface area (TPSA) is 71.5 Å². The molecule has 164 valence electrons. The fraction of sp³-hybridized carbons (Fsp3) is 0.148. The number of rotatable bonds is 4. The molecule has 0 unspecified atom stereocenters. The summed E-state index contributed by atoms with van der Waals surface area (Å²) in [7, 11) is 0. The lowest BCUT2D eigenvalue weighted by Gasteiger charge is -2.26. The molecule has 0 spiro atoms. The van der Waals surface area contributed by atoms with Crippen molar-refractivity contribution in [1.29, 1.82) is 0 Å². The van der Waals surface area contributed by atoms with E-state index in [0.717, 1.165) is 22.2 Å². The van der Waals surface area contributed by atoms with Gasteiger partial charge in [0.25, 0.3) is 11.8 Å². The third kappa shape index (κ3) is 4.47. The molecule has 1 saturated heterocycles. The van der Waals surface area contributed by atoms with Gasteiger partial charge in [0.1, 0.15) is 0 Å². The lowest BCUT2D eigenvalue weighted by atomic mass is 10.0. The van der Waals surface area contributed by atoms with Crippen molar-refractivity contribution in [2.75, 3.05) is 31.6 Å². The molecule has 5 rings (SSSR count). The summed E-state index contributed by atoms with van der Waals surface area (Å²) in [6.07, 6.45) is 0. The molecule has 33 heavy (non-hydrogen) atoms. The van der Waals surface area contributed by atoms with Crippen molar-refractivity contribution in [3.05, 3.63) is 96.1 Å². The van der Waals surface area contributed by atoms with Gasteiger partial charge < -0.3 is 15.0 Å². The number of hydrogen-bond acceptors (Lipinski definition) is 4. The fourth-order valence-electron chi connectivity index (χ4n) is 3.96. The number of ether oxygens (including phenoxy) is 1. The average Bonchev–Trinajstić information content (AvgIpc) is 2.89. The number of anilines is 1. The molecular weight excluding hydrogens is 414 g/mol. The summed E-state index contributed by atoms with van der Waals surface area (Å²) in [5.74, 6) is -0.248. The molecule has 1 N–H and O–H groups in total. The molecule has 0 saturated carbocycles. The van der Waals surface area contributed by atoms with Crippen molar-refractivity contribution in [2.24, 2.45) is 0 Å². The van der Waals surface area contributed by atoms with Crippen LogP contribution in [0.25, 0.3) is 22.2 Å². The number of benzene rings is 3. The van der Waals surface area contributed by atoms with E-state index in [9.17, 15) is 9.59 Å². The second kappa shape index (κ2) is 9.22. The molecule has 0 radical (unpaired) electrons. The molecule has 2 heterocycles. The third-order valence-electron chi connectivity index (χ3n) is 5.72. The first-order chi connectivity index (χ1) is 16.2. The maximum atomic E-state index is 13.2. The van der Waals surface area contributed by atoms with Gasteiger partial charge in [0.05, 0.1) is 30.0 Å². The molecule has 0 bridgehead atoms. The van der Waals surface area contributed by atoms with Crippen molar-refractivity contribution in [1.82, 2.24) is 9.88 Å². The maximum absolute atomic E-state index is 13.2. The van der Waals surface area contributed by atoms with Crippen LogP contribution < -0.4 is 5.32 Å². The molecule has 4 aromatic rings. The second-order valence-corrected chi connectivity index (χ2v) is 7.87. The Morgan fingerprint density at radius 3 is 2.30 bits per heavy atom. The largest absolute Gasteiger partial charge is 0.378 e. The monoisotopic (exact) mass is 437 g/mol. The van der Waals surface area contributed by atoms with Gasteiger partial charge in [0.15, 0.2) is 0 Å². The van der Waals surface area contributed by atoms with E-state index in [1.54, 1.807) is 29.2 Å². The van der Waals surface area contributed by atoms with Gasteiger partial charge in [-0.05, 0) is 36.4 Å². The van der Waals surface area contributed by atoms with Crippen LogP contribution in [0.15, 0.2) is 84.9 Å². The summed E-state index contributed by atoms with van der Waals surface area (Å²) in [4.78, 5) is 32.4. The number of amides is 2. The van der Waals surface area contributed by atoms with Crippen molar-refractivity contribution in [2.45, 2.75) is 0 Å². The Balaban J connectivity index is 1.40. The van der Waals surface area contributed by atoms with Gasteiger partial charge in [-0.1, -0.05) is 48.5 Å². The fourth-order valence-corrected chi connectivity index (χ4v) is 3.96. The molecule has 1 aliphatic rings. The van der Waals surface area contributed by atoms with Crippen LogP contribution in [0.3, 0.4) is 0 Å². The molecule has 0 atom stereocenters. The molecule has 1 aliphatic heterocycles. The Hall–Kier alpha value is -4.03. The smallest absolute Gasteiger partial charge is 0.256 e. The van der Waals surface area contributed by atoms with E-state index in [1.807, 2.05) is 60.7 Å². The van der Waals surface area contributed by atoms with Crippen LogP contribution in [0.1, 0.15) is 20.7 Å². The summed E-state index contributed by atoms with van der Waals surface area (Å²) in [5, 5.41) is 3.75. The zero-order valence-corrected chi connectivity index (χ0v) is 18.0. The summed E-state index contributed by atoms with van der Waals surface area (Å²) in [6, 6.07) is 26.2. The number of carbonyl (C=O) groups is 2. The Morgan fingerprint density at radius 2 is 1.55 bits per heavy atom. The van der Waals surface area contributed by atoms with Gasteiger partial charge in [0, 0.05) is 35.3 Å². The minimum absolute atomic E-state index is 0.0243. The maximum Gasteiger partial charge on any atom is 0.256 e. The first kappa shape index (κ1) is 20.8. The molecule has 6 nitrogen and oxygen atoms in total. The van der Waals surface area contributed by atoms with Crippen LogP contribution >= 0.6 is 0 Å². The van der Waals surface area contributed by atoms with Crippen LogP contribution in [0, 0.1) is 0 Å². The molecule has 3 aromatic carbocycles. The van der Waals surface area contributed by atoms with E-state index in [-0.39, 0.29) is 11.8 Å². The van der Waals surface area contributed by atoms with E-state index in [2.05, 4.69) is 5.32 Å². The predicted molar refractivity (Wildman–Crippen MR) is 128 cm³/mol. The van der Waals surface area contributed by atoms with E-state index >= 15 is 0 Å². The van der Waals surface area contributed by atoms with Crippen molar-refractivity contribution in [3.63, 3.8) is 0 Å². The second-order valence-electron chi connectivity index (χ2n) is 7.87. The number of pyridine rings is 1. The summed E-state index contributed by atoms with van der Waals surface area (Å²) >= 11 is 0. The van der Waals surface area contributed by atoms with Crippen LogP contribution in [0.2, 0.25) is 0 Å². The first-order valence-corrected chi connectivity index (χ1v) is 10.9. The average molecular weight is 437 g/mol. The number of nitrogens with zero attached hydrogens (tertiary/aromatic N) is 2. The lowest BCUT2D eigenvalue weighted by molar-refractivity contribution is 0.0303. The zero-order valence-electron chi connectivity index (χ0n) is 18.0. The van der Waals surface area contributed by atoms with Gasteiger partial charge in [-0.3, -0.25) is 9.59 Å². The minimum atomic E-state index is -0.224. The Labute approximate surface area is 191 Å². The summed E-state index contributed by atoms with van der Waals surface area (Å²) in [5.41, 5.74) is 4.22. The van der Waals surface area contributed by atoms with Crippen LogP contribution in [0.4, 0.5) is 5.69 Å². The standard InChI is InChI=1S/C27H23N3O3/c31-26(28-21-12-10-20(11-13-21)27(32)30-14-16-33-17-15-30)23-18-25(19-6-2-1-3-7-19)29-24-9-5-4-8-22(23)24/h1-13,18H,14-17H2,(H,28,31). The number of morpholine rings is 1.